The molecule has 2 amide bonds. The number of nitrogens with zero attached hydrogens (tertiary/aromatic N) is 1. The topological polar surface area (TPSA) is 69.6 Å². The number of para-hydroxylation sites is 1. The summed E-state index contributed by atoms with van der Waals surface area (Å²) in [5, 5.41) is 12.5. The van der Waals surface area contributed by atoms with E-state index in [4.69, 9.17) is 28.3 Å². The highest BCUT2D eigenvalue weighted by Gasteiger charge is 2.32. The number of carbonyl (C=O) groups excluding carboxylic acids is 1. The van der Waals surface area contributed by atoms with Crippen LogP contribution in [0.1, 0.15) is 19.8 Å². The van der Waals surface area contributed by atoms with Gasteiger partial charge in [-0.1, -0.05) is 29.3 Å². The number of benzene rings is 1. The van der Waals surface area contributed by atoms with Crippen molar-refractivity contribution in [2.75, 3.05) is 11.9 Å². The minimum Gasteiger partial charge on any atom is -0.481 e. The maximum Gasteiger partial charge on any atom is 0.322 e. The molecular formula is C14H16Cl2N2O3. The molecule has 2 N–H and O–H groups in total. The van der Waals surface area contributed by atoms with Crippen LogP contribution in [0.15, 0.2) is 18.2 Å². The number of piperidine rings is 1. The van der Waals surface area contributed by atoms with Gasteiger partial charge in [-0.25, -0.2) is 4.79 Å². The van der Waals surface area contributed by atoms with Gasteiger partial charge in [0.25, 0.3) is 0 Å². The average Bonchev–Trinajstić information content (AvgIpc) is 2.42. The summed E-state index contributed by atoms with van der Waals surface area (Å²) >= 11 is 12.0. The normalized spacial score (nSPS) is 22.0. The Bertz CT molecular complexity index is 545. The van der Waals surface area contributed by atoms with E-state index < -0.39 is 11.9 Å². The molecule has 1 saturated heterocycles. The van der Waals surface area contributed by atoms with Gasteiger partial charge in [-0.15, -0.1) is 0 Å². The molecule has 1 fully saturated rings. The fourth-order valence-corrected chi connectivity index (χ4v) is 2.99. The number of nitrogens with one attached hydrogen (secondary N) is 1. The fraction of sp³-hybridized carbons (Fsp3) is 0.429. The molecule has 21 heavy (non-hydrogen) atoms. The summed E-state index contributed by atoms with van der Waals surface area (Å²) in [6, 6.07) is 4.51. The first-order valence-electron chi connectivity index (χ1n) is 6.64. The minimum absolute atomic E-state index is 0.152. The summed E-state index contributed by atoms with van der Waals surface area (Å²) in [6.07, 6.45) is 0.891. The zero-order valence-corrected chi connectivity index (χ0v) is 13.0. The van der Waals surface area contributed by atoms with Gasteiger partial charge in [-0.2, -0.15) is 0 Å². The first-order valence-corrected chi connectivity index (χ1v) is 7.40. The van der Waals surface area contributed by atoms with Crippen LogP contribution >= 0.6 is 23.2 Å². The molecule has 5 nitrogen and oxygen atoms in total. The van der Waals surface area contributed by atoms with Crippen LogP contribution in [0.2, 0.25) is 10.0 Å². The van der Waals surface area contributed by atoms with Crippen molar-refractivity contribution in [2.45, 2.75) is 25.8 Å². The Hall–Kier alpha value is -1.46. The molecule has 1 aliphatic rings. The number of carboxylic acids is 1. The average molecular weight is 331 g/mol. The number of hydrogen-bond donors (Lipinski definition) is 2. The van der Waals surface area contributed by atoms with Gasteiger partial charge in [0.15, 0.2) is 0 Å². The van der Waals surface area contributed by atoms with Crippen LogP contribution in [0.3, 0.4) is 0 Å². The van der Waals surface area contributed by atoms with Gasteiger partial charge in [0.05, 0.1) is 21.7 Å². The number of amides is 2. The summed E-state index contributed by atoms with van der Waals surface area (Å²) < 4.78 is 0. The second kappa shape index (κ2) is 6.54. The molecular weight excluding hydrogens is 315 g/mol. The summed E-state index contributed by atoms with van der Waals surface area (Å²) in [4.78, 5) is 24.9. The van der Waals surface area contributed by atoms with E-state index >= 15 is 0 Å². The van der Waals surface area contributed by atoms with Crippen molar-refractivity contribution in [3.05, 3.63) is 28.2 Å². The molecule has 0 spiro atoms. The van der Waals surface area contributed by atoms with E-state index in [1.165, 1.54) is 0 Å². The van der Waals surface area contributed by atoms with Gasteiger partial charge in [-0.05, 0) is 31.9 Å². The predicted molar refractivity (Wildman–Crippen MR) is 82.0 cm³/mol. The molecule has 2 unspecified atom stereocenters. The molecule has 2 rings (SSSR count). The van der Waals surface area contributed by atoms with Gasteiger partial charge < -0.3 is 15.3 Å². The number of hydrogen-bond acceptors (Lipinski definition) is 2. The predicted octanol–water partition coefficient (Wildman–Crippen LogP) is 3.71. The molecule has 1 aromatic rings. The molecule has 0 saturated carbocycles. The number of rotatable bonds is 2. The highest BCUT2D eigenvalue weighted by atomic mass is 35.5. The van der Waals surface area contributed by atoms with Crippen molar-refractivity contribution in [3.8, 4) is 0 Å². The van der Waals surface area contributed by atoms with E-state index in [2.05, 4.69) is 5.32 Å². The van der Waals surface area contributed by atoms with E-state index in [-0.39, 0.29) is 12.1 Å². The first kappa shape index (κ1) is 15.9. The molecule has 0 radical (unpaired) electrons. The summed E-state index contributed by atoms with van der Waals surface area (Å²) in [6.45, 7) is 2.23. The van der Waals surface area contributed by atoms with Crippen LogP contribution in [0.5, 0.6) is 0 Å². The van der Waals surface area contributed by atoms with Crippen molar-refractivity contribution in [3.63, 3.8) is 0 Å². The first-order chi connectivity index (χ1) is 9.90. The quantitative estimate of drug-likeness (QED) is 0.868. The molecule has 7 heteroatoms. The molecule has 2 atom stereocenters. The number of urea groups is 1. The highest BCUT2D eigenvalue weighted by molar-refractivity contribution is 6.39. The Labute approximate surface area is 132 Å². The standard InChI is InChI=1S/C14H16Cl2N2O3/c1-8-7-9(13(19)20)5-6-18(8)14(21)17-12-10(15)3-2-4-11(12)16/h2-4,8-9H,5-7H2,1H3,(H,17,21)(H,19,20). The van der Waals surface area contributed by atoms with Gasteiger partial charge in [0, 0.05) is 12.6 Å². The lowest BCUT2D eigenvalue weighted by Crippen LogP contribution is -2.47. The van der Waals surface area contributed by atoms with E-state index in [0.29, 0.717) is 35.1 Å². The van der Waals surface area contributed by atoms with E-state index in [9.17, 15) is 9.59 Å². The lowest BCUT2D eigenvalue weighted by atomic mass is 9.92. The molecule has 1 aromatic carbocycles. The monoisotopic (exact) mass is 330 g/mol. The van der Waals surface area contributed by atoms with Crippen molar-refractivity contribution in [1.82, 2.24) is 4.90 Å². The smallest absolute Gasteiger partial charge is 0.322 e. The zero-order chi connectivity index (χ0) is 15.6. The van der Waals surface area contributed by atoms with E-state index in [0.717, 1.165) is 0 Å². The molecule has 1 heterocycles. The molecule has 114 valence electrons. The van der Waals surface area contributed by atoms with Crippen LogP contribution in [-0.4, -0.2) is 34.6 Å². The van der Waals surface area contributed by atoms with Crippen LogP contribution in [0, 0.1) is 5.92 Å². The number of likely N-dealkylation sites (tertiary alicyclic amines) is 1. The lowest BCUT2D eigenvalue weighted by molar-refractivity contribution is -0.143. The van der Waals surface area contributed by atoms with Gasteiger partial charge in [-0.3, -0.25) is 4.79 Å². The van der Waals surface area contributed by atoms with Crippen molar-refractivity contribution in [2.24, 2.45) is 5.92 Å². The Morgan fingerprint density at radius 2 is 1.95 bits per heavy atom. The van der Waals surface area contributed by atoms with Gasteiger partial charge in [0.1, 0.15) is 0 Å². The summed E-state index contributed by atoms with van der Waals surface area (Å²) in [5.41, 5.74) is 0.374. The maximum atomic E-state index is 12.3. The van der Waals surface area contributed by atoms with Crippen molar-refractivity contribution < 1.29 is 14.7 Å². The number of anilines is 1. The largest absolute Gasteiger partial charge is 0.481 e. The third-order valence-corrected chi connectivity index (χ3v) is 4.31. The van der Waals surface area contributed by atoms with Gasteiger partial charge in [0.2, 0.25) is 0 Å². The third-order valence-electron chi connectivity index (χ3n) is 3.68. The Morgan fingerprint density at radius 1 is 1.33 bits per heavy atom. The SMILES string of the molecule is CC1CC(C(=O)O)CCN1C(=O)Nc1c(Cl)cccc1Cl. The van der Waals surface area contributed by atoms with Crippen LogP contribution in [-0.2, 0) is 4.79 Å². The molecule has 1 aliphatic heterocycles. The van der Waals surface area contributed by atoms with Gasteiger partial charge >= 0.3 is 12.0 Å². The second-order valence-corrected chi connectivity index (χ2v) is 5.94. The van der Waals surface area contributed by atoms with Crippen molar-refractivity contribution >= 4 is 40.9 Å². The van der Waals surface area contributed by atoms with Crippen LogP contribution in [0.25, 0.3) is 0 Å². The molecule has 0 aliphatic carbocycles. The van der Waals surface area contributed by atoms with Crippen LogP contribution in [0.4, 0.5) is 10.5 Å². The summed E-state index contributed by atoms with van der Waals surface area (Å²) in [7, 11) is 0. The van der Waals surface area contributed by atoms with E-state index in [1.54, 1.807) is 23.1 Å². The number of aliphatic carboxylic acids is 1. The highest BCUT2D eigenvalue weighted by Crippen LogP contribution is 2.31. The number of carbonyl (C=O) groups is 2. The zero-order valence-electron chi connectivity index (χ0n) is 11.5. The molecule has 0 bridgehead atoms. The van der Waals surface area contributed by atoms with Crippen molar-refractivity contribution in [1.29, 1.82) is 0 Å². The molecule has 0 aromatic heterocycles. The Kier molecular flexibility index (Phi) is 4.96. The Balaban J connectivity index is 2.06. The Morgan fingerprint density at radius 3 is 2.48 bits per heavy atom. The maximum absolute atomic E-state index is 12.3. The second-order valence-electron chi connectivity index (χ2n) is 5.13. The summed E-state index contributed by atoms with van der Waals surface area (Å²) in [5.74, 6) is -1.20. The lowest BCUT2D eigenvalue weighted by Gasteiger charge is -2.36. The number of halogens is 2. The van der Waals surface area contributed by atoms with E-state index in [1.807, 2.05) is 6.92 Å². The van der Waals surface area contributed by atoms with Crippen LogP contribution < -0.4 is 5.32 Å². The number of carboxylic acid groups (broad SMARTS) is 1. The third kappa shape index (κ3) is 3.60. The fourth-order valence-electron chi connectivity index (χ4n) is 2.49. The minimum atomic E-state index is -0.809.